The average Bonchev–Trinajstić information content (AvgIpc) is 2.87. The molecule has 0 bridgehead atoms. The maximum atomic E-state index is 13.9. The van der Waals surface area contributed by atoms with Gasteiger partial charge in [-0.3, -0.25) is 14.9 Å². The van der Waals surface area contributed by atoms with Crippen LogP contribution in [-0.2, 0) is 9.53 Å². The Hall–Kier alpha value is -2.55. The third-order valence-corrected chi connectivity index (χ3v) is 3.41. The number of hydrogen-bond acceptors (Lipinski definition) is 6. The molecule has 1 fully saturated rings. The second kappa shape index (κ2) is 6.06. The number of carbonyl (C=O) groups is 2. The highest BCUT2D eigenvalue weighted by molar-refractivity contribution is 5.97. The number of nitro benzene ring substituents is 1. The molecule has 118 valence electrons. The van der Waals surface area contributed by atoms with Gasteiger partial charge in [-0.15, -0.1) is 0 Å². The average molecular weight is 312 g/mol. The van der Waals surface area contributed by atoms with Gasteiger partial charge in [-0.25, -0.2) is 9.18 Å². The predicted octanol–water partition coefficient (Wildman–Crippen LogP) is 0.482. The number of methoxy groups -OCH3 is 1. The Balaban J connectivity index is 2.30. The van der Waals surface area contributed by atoms with Crippen LogP contribution in [0.15, 0.2) is 18.2 Å². The number of rotatable bonds is 3. The monoisotopic (exact) mass is 312 g/mol. The van der Waals surface area contributed by atoms with Crippen LogP contribution in [0.1, 0.15) is 16.8 Å². The fourth-order valence-electron chi connectivity index (χ4n) is 2.34. The summed E-state index contributed by atoms with van der Waals surface area (Å²) in [6.07, 6.45) is -0.929. The molecule has 8 nitrogen and oxygen atoms in total. The SMILES string of the molecule is COC(=O)[C@@H]1C[C@@H](O)CN1C(=O)c1ccc([N+](=O)[O-])cc1F. The molecule has 1 aromatic carbocycles. The first-order valence-corrected chi connectivity index (χ1v) is 6.36. The van der Waals surface area contributed by atoms with Crippen molar-refractivity contribution in [2.45, 2.75) is 18.6 Å². The lowest BCUT2D eigenvalue weighted by Crippen LogP contribution is -2.41. The van der Waals surface area contributed by atoms with Crippen molar-refractivity contribution in [3.8, 4) is 0 Å². The molecule has 1 heterocycles. The van der Waals surface area contributed by atoms with E-state index >= 15 is 0 Å². The summed E-state index contributed by atoms with van der Waals surface area (Å²) >= 11 is 0. The van der Waals surface area contributed by atoms with Gasteiger partial charge in [0.15, 0.2) is 0 Å². The Morgan fingerprint density at radius 2 is 2.18 bits per heavy atom. The van der Waals surface area contributed by atoms with Gasteiger partial charge in [-0.2, -0.15) is 0 Å². The molecular weight excluding hydrogens is 299 g/mol. The van der Waals surface area contributed by atoms with Crippen molar-refractivity contribution in [1.29, 1.82) is 0 Å². The molecule has 0 spiro atoms. The first-order chi connectivity index (χ1) is 10.3. The van der Waals surface area contributed by atoms with Crippen molar-refractivity contribution in [2.24, 2.45) is 0 Å². The Bertz CT molecular complexity index is 635. The lowest BCUT2D eigenvalue weighted by Gasteiger charge is -2.22. The molecule has 2 rings (SSSR count). The number of ether oxygens (including phenoxy) is 1. The van der Waals surface area contributed by atoms with E-state index in [4.69, 9.17) is 0 Å². The minimum absolute atomic E-state index is 0.00693. The smallest absolute Gasteiger partial charge is 0.328 e. The number of amides is 1. The van der Waals surface area contributed by atoms with E-state index in [1.54, 1.807) is 0 Å². The van der Waals surface area contributed by atoms with Crippen LogP contribution in [0.2, 0.25) is 0 Å². The van der Waals surface area contributed by atoms with E-state index < -0.39 is 46.0 Å². The molecule has 0 saturated carbocycles. The second-order valence-electron chi connectivity index (χ2n) is 4.81. The molecular formula is C13H13FN2O6. The Morgan fingerprint density at radius 1 is 1.50 bits per heavy atom. The van der Waals surface area contributed by atoms with E-state index in [-0.39, 0.29) is 13.0 Å². The highest BCUT2D eigenvalue weighted by Crippen LogP contribution is 2.24. The van der Waals surface area contributed by atoms with Gasteiger partial charge < -0.3 is 14.7 Å². The Morgan fingerprint density at radius 3 is 2.73 bits per heavy atom. The van der Waals surface area contributed by atoms with E-state index in [2.05, 4.69) is 4.74 Å². The predicted molar refractivity (Wildman–Crippen MR) is 70.5 cm³/mol. The number of carbonyl (C=O) groups excluding carboxylic acids is 2. The molecule has 0 aromatic heterocycles. The molecule has 0 aliphatic carbocycles. The maximum Gasteiger partial charge on any atom is 0.328 e. The third-order valence-electron chi connectivity index (χ3n) is 3.41. The molecule has 2 atom stereocenters. The van der Waals surface area contributed by atoms with Crippen molar-refractivity contribution in [2.75, 3.05) is 13.7 Å². The van der Waals surface area contributed by atoms with Gasteiger partial charge in [0.2, 0.25) is 0 Å². The van der Waals surface area contributed by atoms with Crippen LogP contribution in [0.5, 0.6) is 0 Å². The Labute approximate surface area is 124 Å². The molecule has 1 amide bonds. The summed E-state index contributed by atoms with van der Waals surface area (Å²) in [5, 5.41) is 20.2. The van der Waals surface area contributed by atoms with Crippen LogP contribution in [0.25, 0.3) is 0 Å². The van der Waals surface area contributed by atoms with Gasteiger partial charge in [0, 0.05) is 19.0 Å². The number of aliphatic hydroxyl groups is 1. The zero-order chi connectivity index (χ0) is 16.4. The minimum Gasteiger partial charge on any atom is -0.467 e. The number of aliphatic hydroxyl groups excluding tert-OH is 1. The highest BCUT2D eigenvalue weighted by atomic mass is 19.1. The van der Waals surface area contributed by atoms with Crippen LogP contribution < -0.4 is 0 Å². The fraction of sp³-hybridized carbons (Fsp3) is 0.385. The van der Waals surface area contributed by atoms with Crippen LogP contribution in [0.3, 0.4) is 0 Å². The lowest BCUT2D eigenvalue weighted by molar-refractivity contribution is -0.385. The van der Waals surface area contributed by atoms with Crippen molar-refractivity contribution in [3.63, 3.8) is 0 Å². The molecule has 0 unspecified atom stereocenters. The molecule has 9 heteroatoms. The summed E-state index contributed by atoms with van der Waals surface area (Å²) < 4.78 is 18.4. The highest BCUT2D eigenvalue weighted by Gasteiger charge is 2.40. The number of likely N-dealkylation sites (tertiary alicyclic amines) is 1. The maximum absolute atomic E-state index is 13.9. The summed E-state index contributed by atoms with van der Waals surface area (Å²) in [6.45, 7) is -0.144. The van der Waals surface area contributed by atoms with Gasteiger partial charge in [0.05, 0.1) is 29.8 Å². The van der Waals surface area contributed by atoms with E-state index in [9.17, 15) is 29.2 Å². The zero-order valence-electron chi connectivity index (χ0n) is 11.6. The van der Waals surface area contributed by atoms with Crippen LogP contribution in [-0.4, -0.2) is 52.6 Å². The summed E-state index contributed by atoms with van der Waals surface area (Å²) in [5.74, 6) is -2.62. The molecule has 1 saturated heterocycles. The first kappa shape index (κ1) is 15.8. The lowest BCUT2D eigenvalue weighted by atomic mass is 10.1. The number of esters is 1. The van der Waals surface area contributed by atoms with E-state index in [0.29, 0.717) is 6.07 Å². The van der Waals surface area contributed by atoms with Gasteiger partial charge in [-0.1, -0.05) is 0 Å². The number of non-ortho nitro benzene ring substituents is 1. The molecule has 1 aliphatic rings. The largest absolute Gasteiger partial charge is 0.467 e. The summed E-state index contributed by atoms with van der Waals surface area (Å²) in [7, 11) is 1.14. The fourth-order valence-corrected chi connectivity index (χ4v) is 2.34. The third kappa shape index (κ3) is 2.89. The molecule has 1 aliphatic heterocycles. The van der Waals surface area contributed by atoms with Gasteiger partial charge in [-0.05, 0) is 6.07 Å². The topological polar surface area (TPSA) is 110 Å². The Kier molecular flexibility index (Phi) is 4.36. The number of β-amino-alcohol motifs (C(OH)–C–C–N with tert-alkyl or cyclic N) is 1. The minimum atomic E-state index is -1.07. The van der Waals surface area contributed by atoms with E-state index in [0.717, 1.165) is 24.1 Å². The van der Waals surface area contributed by atoms with Crippen molar-refractivity contribution < 1.29 is 28.7 Å². The quantitative estimate of drug-likeness (QED) is 0.494. The standard InChI is InChI=1S/C13H13FN2O6/c1-22-13(19)11-5-8(17)6-15(11)12(18)9-3-2-7(16(20)21)4-10(9)14/h2-4,8,11,17H,5-6H2,1H3/t8-,11+/m1/s1. The molecule has 0 radical (unpaired) electrons. The number of hydrogen-bond donors (Lipinski definition) is 1. The second-order valence-corrected chi connectivity index (χ2v) is 4.81. The summed E-state index contributed by atoms with van der Waals surface area (Å²) in [6, 6.07) is 1.60. The van der Waals surface area contributed by atoms with Gasteiger partial charge in [0.25, 0.3) is 11.6 Å². The first-order valence-electron chi connectivity index (χ1n) is 6.36. The number of nitrogens with zero attached hydrogens (tertiary/aromatic N) is 2. The van der Waals surface area contributed by atoms with Crippen LogP contribution in [0.4, 0.5) is 10.1 Å². The summed E-state index contributed by atoms with van der Waals surface area (Å²) in [4.78, 5) is 34.7. The van der Waals surface area contributed by atoms with Crippen LogP contribution in [0, 0.1) is 15.9 Å². The van der Waals surface area contributed by atoms with Crippen molar-refractivity contribution in [3.05, 3.63) is 39.7 Å². The van der Waals surface area contributed by atoms with Crippen molar-refractivity contribution in [1.82, 2.24) is 4.90 Å². The zero-order valence-corrected chi connectivity index (χ0v) is 11.6. The summed E-state index contributed by atoms with van der Waals surface area (Å²) in [5.41, 5.74) is -0.895. The normalized spacial score (nSPS) is 20.8. The van der Waals surface area contributed by atoms with E-state index in [1.165, 1.54) is 0 Å². The number of halogens is 1. The number of nitro groups is 1. The van der Waals surface area contributed by atoms with Gasteiger partial charge in [0.1, 0.15) is 11.9 Å². The van der Waals surface area contributed by atoms with Crippen molar-refractivity contribution >= 4 is 17.6 Å². The van der Waals surface area contributed by atoms with Gasteiger partial charge >= 0.3 is 5.97 Å². The van der Waals surface area contributed by atoms with Crippen LogP contribution >= 0.6 is 0 Å². The van der Waals surface area contributed by atoms with E-state index in [1.807, 2.05) is 0 Å². The molecule has 1 aromatic rings. The number of benzene rings is 1. The molecule has 22 heavy (non-hydrogen) atoms. The molecule has 1 N–H and O–H groups in total.